The Bertz CT molecular complexity index is 831. The third kappa shape index (κ3) is 2.57. The topological polar surface area (TPSA) is 71.1 Å². The van der Waals surface area contributed by atoms with Crippen molar-refractivity contribution in [2.75, 3.05) is 19.7 Å². The standard InChI is InChI=1S/C17H16N4O2/c22-17(16-13-3-1-2-4-14(13)19-20-16)21-9-10-23-15(11-21)12-5-7-18-8-6-12/h1-8,15H,9-11H2,(H,19,20)/t15-/m1/s1. The van der Waals surface area contributed by atoms with Crippen LogP contribution in [0.2, 0.25) is 0 Å². The number of para-hydroxylation sites is 1. The number of aromatic amines is 1. The molecule has 0 unspecified atom stereocenters. The fraction of sp³-hybridized carbons (Fsp3) is 0.235. The van der Waals surface area contributed by atoms with Crippen molar-refractivity contribution < 1.29 is 9.53 Å². The first kappa shape index (κ1) is 13.9. The van der Waals surface area contributed by atoms with Gasteiger partial charge < -0.3 is 9.64 Å². The van der Waals surface area contributed by atoms with E-state index in [0.717, 1.165) is 16.5 Å². The van der Waals surface area contributed by atoms with E-state index in [-0.39, 0.29) is 12.0 Å². The van der Waals surface area contributed by atoms with Crippen LogP contribution in [0.1, 0.15) is 22.2 Å². The van der Waals surface area contributed by atoms with Crippen LogP contribution in [0.25, 0.3) is 10.9 Å². The van der Waals surface area contributed by atoms with Gasteiger partial charge >= 0.3 is 0 Å². The summed E-state index contributed by atoms with van der Waals surface area (Å²) in [5.41, 5.74) is 2.37. The molecule has 6 heteroatoms. The molecule has 6 nitrogen and oxygen atoms in total. The number of hydrogen-bond donors (Lipinski definition) is 1. The molecule has 3 aromatic rings. The third-order valence-corrected chi connectivity index (χ3v) is 4.10. The third-order valence-electron chi connectivity index (χ3n) is 4.10. The number of morpholine rings is 1. The number of H-pyrrole nitrogens is 1. The summed E-state index contributed by atoms with van der Waals surface area (Å²) in [6, 6.07) is 11.5. The minimum absolute atomic E-state index is 0.0650. The second kappa shape index (κ2) is 5.81. The number of ether oxygens (including phenoxy) is 1. The first-order valence-corrected chi connectivity index (χ1v) is 7.57. The minimum Gasteiger partial charge on any atom is -0.370 e. The van der Waals surface area contributed by atoms with Gasteiger partial charge in [-0.2, -0.15) is 5.10 Å². The maximum atomic E-state index is 12.8. The van der Waals surface area contributed by atoms with Crippen molar-refractivity contribution in [3.63, 3.8) is 0 Å². The second-order valence-electron chi connectivity index (χ2n) is 5.51. The van der Waals surface area contributed by atoms with Crippen LogP contribution in [0.5, 0.6) is 0 Å². The van der Waals surface area contributed by atoms with Crippen molar-refractivity contribution in [1.29, 1.82) is 0 Å². The molecule has 1 fully saturated rings. The van der Waals surface area contributed by atoms with Crippen LogP contribution in [0.3, 0.4) is 0 Å². The van der Waals surface area contributed by atoms with Crippen LogP contribution >= 0.6 is 0 Å². The van der Waals surface area contributed by atoms with E-state index in [1.807, 2.05) is 36.4 Å². The number of carbonyl (C=O) groups is 1. The molecule has 1 saturated heterocycles. The molecule has 0 bridgehead atoms. The molecule has 0 spiro atoms. The summed E-state index contributed by atoms with van der Waals surface area (Å²) in [4.78, 5) is 18.6. The monoisotopic (exact) mass is 308 g/mol. The summed E-state index contributed by atoms with van der Waals surface area (Å²) in [6.45, 7) is 1.60. The summed E-state index contributed by atoms with van der Waals surface area (Å²) in [5.74, 6) is -0.0650. The Labute approximate surface area is 133 Å². The zero-order valence-corrected chi connectivity index (χ0v) is 12.5. The van der Waals surface area contributed by atoms with Gasteiger partial charge in [-0.05, 0) is 23.8 Å². The normalized spacial score (nSPS) is 18.3. The molecule has 23 heavy (non-hydrogen) atoms. The van der Waals surface area contributed by atoms with Gasteiger partial charge in [-0.15, -0.1) is 0 Å². The van der Waals surface area contributed by atoms with E-state index in [4.69, 9.17) is 4.74 Å². The number of nitrogens with one attached hydrogen (secondary N) is 1. The Balaban J connectivity index is 1.59. The molecule has 1 atom stereocenters. The molecule has 1 amide bonds. The van der Waals surface area contributed by atoms with Crippen LogP contribution in [0.15, 0.2) is 48.8 Å². The number of rotatable bonds is 2. The lowest BCUT2D eigenvalue weighted by Gasteiger charge is -2.32. The predicted octanol–water partition coefficient (Wildman–Crippen LogP) is 2.17. The molecule has 4 rings (SSSR count). The molecule has 1 aliphatic rings. The molecule has 2 aromatic heterocycles. The molecule has 116 valence electrons. The van der Waals surface area contributed by atoms with Crippen LogP contribution in [-0.4, -0.2) is 45.7 Å². The average Bonchev–Trinajstić information content (AvgIpc) is 3.06. The molecule has 0 aliphatic carbocycles. The lowest BCUT2D eigenvalue weighted by atomic mass is 10.1. The molecule has 1 N–H and O–H groups in total. The van der Waals surface area contributed by atoms with Gasteiger partial charge in [-0.3, -0.25) is 14.9 Å². The van der Waals surface area contributed by atoms with E-state index >= 15 is 0 Å². The molecular weight excluding hydrogens is 292 g/mol. The number of carbonyl (C=O) groups excluding carboxylic acids is 1. The van der Waals surface area contributed by atoms with Crippen molar-refractivity contribution in [3.8, 4) is 0 Å². The highest BCUT2D eigenvalue weighted by molar-refractivity contribution is 6.04. The smallest absolute Gasteiger partial charge is 0.275 e. The first-order chi connectivity index (χ1) is 11.3. The fourth-order valence-corrected chi connectivity index (χ4v) is 2.89. The number of hydrogen-bond acceptors (Lipinski definition) is 4. The molecule has 1 aliphatic heterocycles. The van der Waals surface area contributed by atoms with Crippen molar-refractivity contribution in [2.45, 2.75) is 6.10 Å². The molecular formula is C17H16N4O2. The van der Waals surface area contributed by atoms with E-state index in [1.54, 1.807) is 17.3 Å². The van der Waals surface area contributed by atoms with E-state index in [1.165, 1.54) is 0 Å². The highest BCUT2D eigenvalue weighted by Crippen LogP contribution is 2.24. The van der Waals surface area contributed by atoms with E-state index in [0.29, 0.717) is 25.4 Å². The fourth-order valence-electron chi connectivity index (χ4n) is 2.89. The summed E-state index contributed by atoms with van der Waals surface area (Å²) in [5, 5.41) is 7.97. The summed E-state index contributed by atoms with van der Waals surface area (Å²) in [7, 11) is 0. The Kier molecular flexibility index (Phi) is 3.51. The Morgan fingerprint density at radius 1 is 1.22 bits per heavy atom. The van der Waals surface area contributed by atoms with E-state index in [9.17, 15) is 4.79 Å². The molecule has 1 aromatic carbocycles. The van der Waals surface area contributed by atoms with Gasteiger partial charge in [0.25, 0.3) is 5.91 Å². The zero-order valence-electron chi connectivity index (χ0n) is 12.5. The van der Waals surface area contributed by atoms with E-state index in [2.05, 4.69) is 15.2 Å². The highest BCUT2D eigenvalue weighted by atomic mass is 16.5. The van der Waals surface area contributed by atoms with Gasteiger partial charge in [0.15, 0.2) is 5.69 Å². The lowest BCUT2D eigenvalue weighted by Crippen LogP contribution is -2.42. The van der Waals surface area contributed by atoms with Gasteiger partial charge in [-0.1, -0.05) is 18.2 Å². The minimum atomic E-state index is -0.124. The van der Waals surface area contributed by atoms with Crippen LogP contribution in [-0.2, 0) is 4.74 Å². The lowest BCUT2D eigenvalue weighted by molar-refractivity contribution is -0.0229. The van der Waals surface area contributed by atoms with Crippen molar-refractivity contribution in [1.82, 2.24) is 20.1 Å². The summed E-state index contributed by atoms with van der Waals surface area (Å²) < 4.78 is 5.80. The Hall–Kier alpha value is -2.73. The SMILES string of the molecule is O=C(c1n[nH]c2ccccc12)N1CCO[C@@H](c2ccncc2)C1. The van der Waals surface area contributed by atoms with Crippen LogP contribution in [0, 0.1) is 0 Å². The number of pyridine rings is 1. The van der Waals surface area contributed by atoms with Crippen LogP contribution in [0.4, 0.5) is 0 Å². The van der Waals surface area contributed by atoms with Crippen molar-refractivity contribution in [3.05, 3.63) is 60.0 Å². The molecule has 3 heterocycles. The predicted molar refractivity (Wildman–Crippen MR) is 84.9 cm³/mol. The highest BCUT2D eigenvalue weighted by Gasteiger charge is 2.28. The molecule has 0 radical (unpaired) electrons. The first-order valence-electron chi connectivity index (χ1n) is 7.57. The largest absolute Gasteiger partial charge is 0.370 e. The number of nitrogens with zero attached hydrogens (tertiary/aromatic N) is 3. The summed E-state index contributed by atoms with van der Waals surface area (Å²) in [6.07, 6.45) is 3.35. The van der Waals surface area contributed by atoms with Gasteiger partial charge in [-0.25, -0.2) is 0 Å². The van der Waals surface area contributed by atoms with Gasteiger partial charge in [0, 0.05) is 24.3 Å². The maximum absolute atomic E-state index is 12.8. The maximum Gasteiger partial charge on any atom is 0.275 e. The van der Waals surface area contributed by atoms with Gasteiger partial charge in [0.05, 0.1) is 18.7 Å². The van der Waals surface area contributed by atoms with E-state index < -0.39 is 0 Å². The number of benzene rings is 1. The quantitative estimate of drug-likeness (QED) is 0.787. The van der Waals surface area contributed by atoms with Gasteiger partial charge in [0.1, 0.15) is 6.10 Å². The van der Waals surface area contributed by atoms with Gasteiger partial charge in [0.2, 0.25) is 0 Å². The number of aromatic nitrogens is 3. The number of fused-ring (bicyclic) bond motifs is 1. The average molecular weight is 308 g/mol. The number of amides is 1. The van der Waals surface area contributed by atoms with Crippen molar-refractivity contribution in [2.24, 2.45) is 0 Å². The summed E-state index contributed by atoms with van der Waals surface area (Å²) >= 11 is 0. The Morgan fingerprint density at radius 2 is 2.04 bits per heavy atom. The van der Waals surface area contributed by atoms with Crippen LogP contribution < -0.4 is 0 Å². The zero-order chi connectivity index (χ0) is 15.6. The van der Waals surface area contributed by atoms with Crippen molar-refractivity contribution >= 4 is 16.8 Å². The Morgan fingerprint density at radius 3 is 2.91 bits per heavy atom. The second-order valence-corrected chi connectivity index (χ2v) is 5.51. The molecule has 0 saturated carbocycles.